The molecule has 2 aliphatic rings. The van der Waals surface area contributed by atoms with Crippen LogP contribution < -0.4 is 0 Å². The van der Waals surface area contributed by atoms with Crippen molar-refractivity contribution in [1.82, 2.24) is 4.90 Å². The first kappa shape index (κ1) is 5.03. The van der Waals surface area contributed by atoms with Crippen LogP contribution in [0.4, 0.5) is 0 Å². The van der Waals surface area contributed by atoms with Gasteiger partial charge in [-0.3, -0.25) is 4.99 Å². The number of allylic oxidation sites excluding steroid dienone is 1. The maximum absolute atomic E-state index is 4.09. The smallest absolute Gasteiger partial charge is 0.0529 e. The van der Waals surface area contributed by atoms with Crippen molar-refractivity contribution < 1.29 is 0 Å². The van der Waals surface area contributed by atoms with Gasteiger partial charge >= 0.3 is 0 Å². The lowest BCUT2D eigenvalue weighted by molar-refractivity contribution is 0.446. The van der Waals surface area contributed by atoms with E-state index < -0.39 is 0 Å². The number of hydrogen-bond acceptors (Lipinski definition) is 2. The Balaban J connectivity index is 2.23. The second kappa shape index (κ2) is 1.87. The van der Waals surface area contributed by atoms with E-state index >= 15 is 0 Å². The highest BCUT2D eigenvalue weighted by molar-refractivity contribution is 5.62. The van der Waals surface area contributed by atoms with Crippen molar-refractivity contribution >= 4 is 6.21 Å². The molecule has 0 radical (unpaired) electrons. The minimum Gasteiger partial charge on any atom is -0.368 e. The molecule has 0 unspecified atom stereocenters. The molecule has 0 spiro atoms. The molecule has 2 heterocycles. The molecule has 9 heavy (non-hydrogen) atoms. The van der Waals surface area contributed by atoms with E-state index in [0.717, 1.165) is 6.54 Å². The molecule has 2 nitrogen and oxygen atoms in total. The topological polar surface area (TPSA) is 15.6 Å². The van der Waals surface area contributed by atoms with E-state index in [1.165, 1.54) is 25.1 Å². The maximum Gasteiger partial charge on any atom is 0.0529 e. The van der Waals surface area contributed by atoms with Crippen molar-refractivity contribution in [1.29, 1.82) is 0 Å². The van der Waals surface area contributed by atoms with Crippen LogP contribution in [0.2, 0.25) is 0 Å². The fraction of sp³-hybridized carbons (Fsp3) is 0.571. The predicted molar refractivity (Wildman–Crippen MR) is 37.4 cm³/mol. The summed E-state index contributed by atoms with van der Waals surface area (Å²) in [6.07, 6.45) is 6.50. The fourth-order valence-corrected chi connectivity index (χ4v) is 1.39. The summed E-state index contributed by atoms with van der Waals surface area (Å²) in [6.45, 7) is 2.27. The third-order valence-electron chi connectivity index (χ3n) is 1.90. The Bertz CT molecular complexity index is 170. The molecular formula is C7H10N2. The molecule has 2 aliphatic heterocycles. The summed E-state index contributed by atoms with van der Waals surface area (Å²) < 4.78 is 0. The van der Waals surface area contributed by atoms with Crippen LogP contribution in [0.5, 0.6) is 0 Å². The lowest BCUT2D eigenvalue weighted by Gasteiger charge is -2.18. The van der Waals surface area contributed by atoms with Crippen LogP contribution in [-0.4, -0.2) is 24.2 Å². The zero-order chi connectivity index (χ0) is 6.10. The molecule has 0 bridgehead atoms. The Morgan fingerprint density at radius 1 is 1.56 bits per heavy atom. The maximum atomic E-state index is 4.09. The quantitative estimate of drug-likeness (QED) is 0.468. The Morgan fingerprint density at radius 2 is 2.56 bits per heavy atom. The van der Waals surface area contributed by atoms with E-state index in [2.05, 4.69) is 9.89 Å². The van der Waals surface area contributed by atoms with Gasteiger partial charge in [-0.25, -0.2) is 0 Å². The van der Waals surface area contributed by atoms with Gasteiger partial charge in [0.25, 0.3) is 0 Å². The highest BCUT2D eigenvalue weighted by Crippen LogP contribution is 2.21. The highest BCUT2D eigenvalue weighted by Gasteiger charge is 2.16. The van der Waals surface area contributed by atoms with E-state index in [9.17, 15) is 0 Å². The molecule has 2 rings (SSSR count). The van der Waals surface area contributed by atoms with Crippen LogP contribution in [0.3, 0.4) is 0 Å². The average Bonchev–Trinajstić information content (AvgIpc) is 2.33. The van der Waals surface area contributed by atoms with Crippen molar-refractivity contribution in [2.24, 2.45) is 4.99 Å². The first-order valence-electron chi connectivity index (χ1n) is 3.42. The molecule has 0 saturated carbocycles. The van der Waals surface area contributed by atoms with Gasteiger partial charge in [-0.15, -0.1) is 0 Å². The molecule has 0 aromatic heterocycles. The molecule has 1 saturated heterocycles. The van der Waals surface area contributed by atoms with Crippen molar-refractivity contribution in [3.63, 3.8) is 0 Å². The summed E-state index contributed by atoms with van der Waals surface area (Å²) in [7, 11) is 0. The van der Waals surface area contributed by atoms with Crippen LogP contribution in [0, 0.1) is 0 Å². The van der Waals surface area contributed by atoms with Crippen LogP contribution >= 0.6 is 0 Å². The Kier molecular flexibility index (Phi) is 1.04. The minimum atomic E-state index is 1.03. The van der Waals surface area contributed by atoms with E-state index in [1.807, 2.05) is 12.4 Å². The van der Waals surface area contributed by atoms with Crippen molar-refractivity contribution in [3.05, 3.63) is 11.9 Å². The third-order valence-corrected chi connectivity index (χ3v) is 1.90. The second-order valence-corrected chi connectivity index (χ2v) is 2.50. The van der Waals surface area contributed by atoms with Crippen molar-refractivity contribution in [2.75, 3.05) is 13.1 Å². The highest BCUT2D eigenvalue weighted by atomic mass is 15.2. The summed E-state index contributed by atoms with van der Waals surface area (Å²) in [5, 5.41) is 0. The standard InChI is InChI=1S/C7H10N2/c1-2-7-6-8-3-5-9(7)4-1/h3,6H,1-2,4-5H2. The Morgan fingerprint density at radius 3 is 3.44 bits per heavy atom. The van der Waals surface area contributed by atoms with Crippen LogP contribution in [0.15, 0.2) is 16.9 Å². The number of hydrogen-bond donors (Lipinski definition) is 0. The predicted octanol–water partition coefficient (Wildman–Crippen LogP) is 1.01. The SMILES string of the molecule is C1=NC=C2CCCN2C1. The molecule has 0 N–H and O–H groups in total. The third kappa shape index (κ3) is 0.745. The molecule has 48 valence electrons. The van der Waals surface area contributed by atoms with E-state index in [0.29, 0.717) is 0 Å². The molecule has 0 aromatic rings. The van der Waals surface area contributed by atoms with Gasteiger partial charge in [0.05, 0.1) is 6.54 Å². The van der Waals surface area contributed by atoms with Gasteiger partial charge in [-0.05, 0) is 12.8 Å². The van der Waals surface area contributed by atoms with E-state index in [4.69, 9.17) is 0 Å². The molecule has 2 heteroatoms. The van der Waals surface area contributed by atoms with Crippen LogP contribution in [0.25, 0.3) is 0 Å². The molecule has 0 aromatic carbocycles. The Labute approximate surface area is 54.9 Å². The summed E-state index contributed by atoms with van der Waals surface area (Å²) in [5.41, 5.74) is 1.43. The van der Waals surface area contributed by atoms with Crippen LogP contribution in [0.1, 0.15) is 12.8 Å². The number of fused-ring (bicyclic) bond motifs is 1. The Hall–Kier alpha value is -0.790. The second-order valence-electron chi connectivity index (χ2n) is 2.50. The lowest BCUT2D eigenvalue weighted by atomic mass is 10.3. The summed E-state index contributed by atoms with van der Waals surface area (Å²) in [4.78, 5) is 6.47. The average molecular weight is 122 g/mol. The molecule has 1 fully saturated rings. The van der Waals surface area contributed by atoms with E-state index in [1.54, 1.807) is 0 Å². The van der Waals surface area contributed by atoms with Gasteiger partial charge in [-0.1, -0.05) is 0 Å². The number of aliphatic imine (C=N–C) groups is 1. The molecular weight excluding hydrogens is 112 g/mol. The van der Waals surface area contributed by atoms with Crippen molar-refractivity contribution in [3.8, 4) is 0 Å². The zero-order valence-corrected chi connectivity index (χ0v) is 5.38. The van der Waals surface area contributed by atoms with Gasteiger partial charge in [-0.2, -0.15) is 0 Å². The van der Waals surface area contributed by atoms with Crippen molar-refractivity contribution in [2.45, 2.75) is 12.8 Å². The molecule has 0 amide bonds. The van der Waals surface area contributed by atoms with Gasteiger partial charge in [0, 0.05) is 24.7 Å². The normalized spacial score (nSPS) is 24.0. The number of rotatable bonds is 0. The lowest BCUT2D eigenvalue weighted by Crippen LogP contribution is -2.21. The largest absolute Gasteiger partial charge is 0.368 e. The molecule has 0 aliphatic carbocycles. The summed E-state index contributed by atoms with van der Waals surface area (Å²) in [5.74, 6) is 0. The summed E-state index contributed by atoms with van der Waals surface area (Å²) >= 11 is 0. The fourth-order valence-electron chi connectivity index (χ4n) is 1.39. The van der Waals surface area contributed by atoms with Crippen LogP contribution in [-0.2, 0) is 0 Å². The summed E-state index contributed by atoms with van der Waals surface area (Å²) in [6, 6.07) is 0. The number of nitrogens with zero attached hydrogens (tertiary/aromatic N) is 2. The first-order valence-corrected chi connectivity index (χ1v) is 3.42. The monoisotopic (exact) mass is 122 g/mol. The minimum absolute atomic E-state index is 1.03. The van der Waals surface area contributed by atoms with Gasteiger partial charge in [0.15, 0.2) is 0 Å². The zero-order valence-electron chi connectivity index (χ0n) is 5.38. The van der Waals surface area contributed by atoms with Gasteiger partial charge in [0.2, 0.25) is 0 Å². The first-order chi connectivity index (χ1) is 4.47. The van der Waals surface area contributed by atoms with E-state index in [-0.39, 0.29) is 0 Å². The van der Waals surface area contributed by atoms with Gasteiger partial charge < -0.3 is 4.90 Å². The van der Waals surface area contributed by atoms with Gasteiger partial charge in [0.1, 0.15) is 0 Å². The molecule has 0 atom stereocenters.